The van der Waals surface area contributed by atoms with Crippen molar-refractivity contribution in [2.24, 2.45) is 5.92 Å². The van der Waals surface area contributed by atoms with Gasteiger partial charge in [-0.3, -0.25) is 9.59 Å². The molecule has 0 aliphatic heterocycles. The number of esters is 1. The predicted molar refractivity (Wildman–Crippen MR) is 100 cm³/mol. The van der Waals surface area contributed by atoms with Gasteiger partial charge in [0, 0.05) is 0 Å². The summed E-state index contributed by atoms with van der Waals surface area (Å²) >= 11 is 0. The van der Waals surface area contributed by atoms with Crippen LogP contribution in [0.5, 0.6) is 0 Å². The molecule has 0 saturated heterocycles. The molecule has 0 amide bonds. The van der Waals surface area contributed by atoms with Gasteiger partial charge in [-0.1, -0.05) is 84.5 Å². The fourth-order valence-electron chi connectivity index (χ4n) is 2.81. The topological polar surface area (TPSA) is 63.6 Å². The number of hydrogen-bond acceptors (Lipinski definition) is 3. The Morgan fingerprint density at radius 3 is 1.77 bits per heavy atom. The monoisotopic (exact) mass is 390 g/mol. The third-order valence-corrected chi connectivity index (χ3v) is 4.43. The number of hydrogen-bond donors (Lipinski definition) is 1. The van der Waals surface area contributed by atoms with Crippen LogP contribution in [0.3, 0.4) is 0 Å². The Kier molecular flexibility index (Phi) is 29.2. The molecule has 0 fully saturated rings. The van der Waals surface area contributed by atoms with Crippen LogP contribution in [-0.2, 0) is 14.3 Å². The summed E-state index contributed by atoms with van der Waals surface area (Å²) in [6, 6.07) is 0. The average Bonchev–Trinajstić information content (AvgIpc) is 2.56. The van der Waals surface area contributed by atoms with E-state index in [1.807, 2.05) is 0 Å². The van der Waals surface area contributed by atoms with Gasteiger partial charge in [0.15, 0.2) is 0 Å². The molecule has 146 valence electrons. The minimum atomic E-state index is -0.879. The van der Waals surface area contributed by atoms with Crippen LogP contribution in [0.2, 0.25) is 0 Å². The Morgan fingerprint density at radius 1 is 0.808 bits per heavy atom. The van der Waals surface area contributed by atoms with Crippen molar-refractivity contribution in [2.45, 2.75) is 104 Å². The first-order valence-electron chi connectivity index (χ1n) is 10.00. The molecule has 1 atom stereocenters. The molecule has 0 heterocycles. The number of aliphatic carboxylic acids is 1. The molecule has 0 spiro atoms. The Labute approximate surface area is 208 Å². The van der Waals surface area contributed by atoms with Crippen LogP contribution < -0.4 is 59.1 Å². The Morgan fingerprint density at radius 2 is 1.27 bits per heavy atom. The van der Waals surface area contributed by atoms with Crippen LogP contribution in [0, 0.1) is 5.92 Å². The molecule has 0 radical (unpaired) electrons. The largest absolute Gasteiger partial charge is 1.00 e. The van der Waals surface area contributed by atoms with Gasteiger partial charge < -0.3 is 12.7 Å². The Bertz CT molecular complexity index is 335. The normalized spacial score (nSPS) is 11.2. The van der Waals surface area contributed by atoms with Gasteiger partial charge in [-0.15, -0.1) is 0 Å². The zero-order valence-corrected chi connectivity index (χ0v) is 21.9. The van der Waals surface area contributed by atoms with Crippen LogP contribution in [0.15, 0.2) is 0 Å². The molecular formula is C20H40Na2O4. The quantitative estimate of drug-likeness (QED) is 0.215. The van der Waals surface area contributed by atoms with Gasteiger partial charge >= 0.3 is 71.1 Å². The first-order valence-corrected chi connectivity index (χ1v) is 10.00. The zero-order chi connectivity index (χ0) is 18.0. The van der Waals surface area contributed by atoms with E-state index >= 15 is 0 Å². The molecule has 0 aromatic rings. The molecule has 26 heavy (non-hydrogen) atoms. The second-order valence-electron chi connectivity index (χ2n) is 6.78. The molecule has 0 bridgehead atoms. The molecule has 0 aliphatic rings. The van der Waals surface area contributed by atoms with Crippen molar-refractivity contribution >= 4 is 11.9 Å². The molecule has 0 aromatic heterocycles. The summed E-state index contributed by atoms with van der Waals surface area (Å²) in [5.74, 6) is -1.83. The van der Waals surface area contributed by atoms with Crippen LogP contribution >= 0.6 is 0 Å². The third kappa shape index (κ3) is 21.2. The average molecular weight is 391 g/mol. The van der Waals surface area contributed by atoms with Crippen molar-refractivity contribution < 1.29 is 81.4 Å². The summed E-state index contributed by atoms with van der Waals surface area (Å²) < 4.78 is 5.19. The summed E-state index contributed by atoms with van der Waals surface area (Å²) in [6.07, 6.45) is 14.4. The first-order chi connectivity index (χ1) is 11.6. The van der Waals surface area contributed by atoms with Gasteiger partial charge in [0.25, 0.3) is 0 Å². The van der Waals surface area contributed by atoms with E-state index in [0.717, 1.165) is 38.5 Å². The SMILES string of the molecule is CCCCCCCCCCOC(=O)CC(CCCCCC)C(=O)O.[H-].[H-].[Na+].[Na+]. The van der Waals surface area contributed by atoms with Gasteiger partial charge in [-0.05, 0) is 12.8 Å². The first kappa shape index (κ1) is 31.6. The van der Waals surface area contributed by atoms with Crippen LogP contribution in [0.25, 0.3) is 0 Å². The van der Waals surface area contributed by atoms with Crippen molar-refractivity contribution in [1.82, 2.24) is 0 Å². The molecular weight excluding hydrogens is 350 g/mol. The van der Waals surface area contributed by atoms with Crippen molar-refractivity contribution in [3.63, 3.8) is 0 Å². The minimum Gasteiger partial charge on any atom is -1.00 e. The van der Waals surface area contributed by atoms with Crippen LogP contribution in [0.4, 0.5) is 0 Å². The smallest absolute Gasteiger partial charge is 1.00 e. The second-order valence-corrected chi connectivity index (χ2v) is 6.78. The van der Waals surface area contributed by atoms with Crippen LogP contribution in [0.1, 0.15) is 107 Å². The van der Waals surface area contributed by atoms with Crippen molar-refractivity contribution in [2.75, 3.05) is 6.61 Å². The molecule has 1 unspecified atom stereocenters. The van der Waals surface area contributed by atoms with E-state index in [0.29, 0.717) is 13.0 Å². The van der Waals surface area contributed by atoms with E-state index in [2.05, 4.69) is 13.8 Å². The van der Waals surface area contributed by atoms with Crippen molar-refractivity contribution in [3.05, 3.63) is 0 Å². The van der Waals surface area contributed by atoms with E-state index in [4.69, 9.17) is 4.74 Å². The molecule has 4 nitrogen and oxygen atoms in total. The fourth-order valence-corrected chi connectivity index (χ4v) is 2.81. The van der Waals surface area contributed by atoms with Crippen molar-refractivity contribution in [1.29, 1.82) is 0 Å². The summed E-state index contributed by atoms with van der Waals surface area (Å²) in [4.78, 5) is 23.0. The van der Waals surface area contributed by atoms with Gasteiger partial charge in [0.05, 0.1) is 18.9 Å². The van der Waals surface area contributed by atoms with Gasteiger partial charge in [0.1, 0.15) is 0 Å². The van der Waals surface area contributed by atoms with Gasteiger partial charge in [-0.25, -0.2) is 0 Å². The van der Waals surface area contributed by atoms with E-state index in [1.165, 1.54) is 38.5 Å². The van der Waals surface area contributed by atoms with Crippen molar-refractivity contribution in [3.8, 4) is 0 Å². The maximum absolute atomic E-state index is 11.8. The minimum absolute atomic E-state index is 0. The number of unbranched alkanes of at least 4 members (excludes halogenated alkanes) is 10. The number of carboxylic acid groups (broad SMARTS) is 1. The molecule has 0 aromatic carbocycles. The molecule has 6 heteroatoms. The van der Waals surface area contributed by atoms with Crippen LogP contribution in [-0.4, -0.2) is 23.7 Å². The van der Waals surface area contributed by atoms with Gasteiger partial charge in [-0.2, -0.15) is 0 Å². The van der Waals surface area contributed by atoms with E-state index in [-0.39, 0.29) is 74.4 Å². The van der Waals surface area contributed by atoms with E-state index in [9.17, 15) is 14.7 Å². The standard InChI is InChI=1S/C20H38O4.2Na.2H/c1-3-5-7-9-10-11-12-14-16-24-19(21)17-18(20(22)23)15-13-8-6-4-2;;;;/h18H,3-17H2,1-2H3,(H,22,23);;;;/q;2*+1;2*-1. The summed E-state index contributed by atoms with van der Waals surface area (Å²) in [5.41, 5.74) is 0. The van der Waals surface area contributed by atoms with E-state index in [1.54, 1.807) is 0 Å². The second kappa shape index (κ2) is 24.0. The summed E-state index contributed by atoms with van der Waals surface area (Å²) in [5, 5.41) is 9.20. The number of carbonyl (C=O) groups excluding carboxylic acids is 1. The van der Waals surface area contributed by atoms with Gasteiger partial charge in [0.2, 0.25) is 0 Å². The third-order valence-electron chi connectivity index (χ3n) is 4.43. The summed E-state index contributed by atoms with van der Waals surface area (Å²) in [7, 11) is 0. The maximum Gasteiger partial charge on any atom is 1.00 e. The molecule has 1 N–H and O–H groups in total. The molecule has 0 aliphatic carbocycles. The Hall–Kier alpha value is 0.940. The summed E-state index contributed by atoms with van der Waals surface area (Å²) in [6.45, 7) is 4.77. The number of carboxylic acids is 1. The molecule has 0 rings (SSSR count). The molecule has 0 saturated carbocycles. The predicted octanol–water partition coefficient (Wildman–Crippen LogP) is -0.0354. The number of ether oxygens (including phenoxy) is 1. The number of carbonyl (C=O) groups is 2. The maximum atomic E-state index is 11.8. The fraction of sp³-hybridized carbons (Fsp3) is 0.900. The van der Waals surface area contributed by atoms with E-state index < -0.39 is 11.9 Å². The Balaban J connectivity index is -0.000000441. The number of rotatable bonds is 17. The zero-order valence-electron chi connectivity index (χ0n) is 19.9.